The first-order chi connectivity index (χ1) is 11.9. The van der Waals surface area contributed by atoms with Gasteiger partial charge in [0.05, 0.1) is 7.11 Å². The minimum absolute atomic E-state index is 0.0183. The molecule has 0 radical (unpaired) electrons. The van der Waals surface area contributed by atoms with Gasteiger partial charge in [-0.05, 0) is 31.0 Å². The Labute approximate surface area is 147 Å². The van der Waals surface area contributed by atoms with Crippen molar-refractivity contribution in [1.29, 1.82) is 0 Å². The van der Waals surface area contributed by atoms with Crippen LogP contribution >= 0.6 is 0 Å². The van der Waals surface area contributed by atoms with Gasteiger partial charge in [0, 0.05) is 50.7 Å². The van der Waals surface area contributed by atoms with Crippen molar-refractivity contribution in [3.8, 4) is 5.75 Å². The number of rotatable bonds is 5. The van der Waals surface area contributed by atoms with Gasteiger partial charge in [-0.3, -0.25) is 14.4 Å². The largest absolute Gasteiger partial charge is 0.496 e. The van der Waals surface area contributed by atoms with E-state index in [-0.39, 0.29) is 23.6 Å². The Bertz CT molecular complexity index is 652. The molecule has 0 aliphatic carbocycles. The van der Waals surface area contributed by atoms with Crippen LogP contribution in [0.5, 0.6) is 5.75 Å². The zero-order chi connectivity index (χ0) is 18.4. The van der Waals surface area contributed by atoms with E-state index < -0.39 is 0 Å². The number of hydrogen-bond donors (Lipinski definition) is 2. The van der Waals surface area contributed by atoms with Gasteiger partial charge in [-0.1, -0.05) is 0 Å². The average Bonchev–Trinajstić information content (AvgIpc) is 2.59. The van der Waals surface area contributed by atoms with Crippen LogP contribution in [0.4, 0.5) is 5.69 Å². The van der Waals surface area contributed by atoms with Crippen molar-refractivity contribution in [3.05, 3.63) is 23.8 Å². The number of methoxy groups -OCH3 is 1. The van der Waals surface area contributed by atoms with Gasteiger partial charge in [-0.25, -0.2) is 0 Å². The summed E-state index contributed by atoms with van der Waals surface area (Å²) in [7, 11) is 1.57. The summed E-state index contributed by atoms with van der Waals surface area (Å²) in [6.07, 6.45) is 1.35. The zero-order valence-electron chi connectivity index (χ0n) is 14.9. The number of carbonyl (C=O) groups excluding carboxylic acids is 3. The monoisotopic (exact) mass is 347 g/mol. The predicted octanol–water partition coefficient (Wildman–Crippen LogP) is 1.53. The number of carbonyl (C=O) groups is 3. The number of anilines is 1. The molecule has 7 nitrogen and oxygen atoms in total. The lowest BCUT2D eigenvalue weighted by Gasteiger charge is -2.30. The molecule has 0 atom stereocenters. The van der Waals surface area contributed by atoms with Crippen LogP contribution < -0.4 is 15.4 Å². The molecule has 3 amide bonds. The number of piperidine rings is 1. The summed E-state index contributed by atoms with van der Waals surface area (Å²) >= 11 is 0. The van der Waals surface area contributed by atoms with Crippen LogP contribution in [0.15, 0.2) is 18.2 Å². The summed E-state index contributed by atoms with van der Waals surface area (Å²) in [6, 6.07) is 5.31. The summed E-state index contributed by atoms with van der Waals surface area (Å²) in [5.41, 5.74) is 1.45. The minimum Gasteiger partial charge on any atom is -0.496 e. The van der Waals surface area contributed by atoms with Crippen LogP contribution in [0.25, 0.3) is 0 Å². The summed E-state index contributed by atoms with van der Waals surface area (Å²) in [5, 5.41) is 5.65. The topological polar surface area (TPSA) is 87.7 Å². The van der Waals surface area contributed by atoms with Gasteiger partial charge >= 0.3 is 0 Å². The molecular weight excluding hydrogens is 322 g/mol. The first kappa shape index (κ1) is 18.8. The molecule has 1 heterocycles. The molecule has 1 aliphatic heterocycles. The Morgan fingerprint density at radius 2 is 1.88 bits per heavy atom. The standard InChI is InChI=1S/C18H25N3O4/c1-12(22)20-16-4-5-17(25-3)15(10-16)11-19-18(24)14-6-8-21(9-7-14)13(2)23/h4-5,10,14H,6-9,11H2,1-3H3,(H,19,24)(H,20,22). The highest BCUT2D eigenvalue weighted by atomic mass is 16.5. The number of hydrogen-bond acceptors (Lipinski definition) is 4. The Kier molecular flexibility index (Phi) is 6.38. The summed E-state index contributed by atoms with van der Waals surface area (Å²) < 4.78 is 5.32. The maximum absolute atomic E-state index is 12.4. The highest BCUT2D eigenvalue weighted by molar-refractivity contribution is 5.88. The van der Waals surface area contributed by atoms with Gasteiger partial charge in [0.2, 0.25) is 17.7 Å². The molecule has 0 bridgehead atoms. The maximum Gasteiger partial charge on any atom is 0.223 e. The molecule has 7 heteroatoms. The molecule has 1 aromatic carbocycles. The summed E-state index contributed by atoms with van der Waals surface area (Å²) in [5.74, 6) is 0.451. The first-order valence-electron chi connectivity index (χ1n) is 8.38. The molecule has 1 aliphatic rings. The molecule has 0 saturated carbocycles. The van der Waals surface area contributed by atoms with Crippen LogP contribution in [0.1, 0.15) is 32.3 Å². The van der Waals surface area contributed by atoms with E-state index in [0.717, 1.165) is 5.56 Å². The van der Waals surface area contributed by atoms with Crippen molar-refractivity contribution < 1.29 is 19.1 Å². The molecule has 25 heavy (non-hydrogen) atoms. The third-order valence-electron chi connectivity index (χ3n) is 4.36. The number of nitrogens with one attached hydrogen (secondary N) is 2. The molecule has 0 aromatic heterocycles. The summed E-state index contributed by atoms with van der Waals surface area (Å²) in [6.45, 7) is 4.56. The van der Waals surface area contributed by atoms with Crippen LogP contribution in [-0.4, -0.2) is 42.8 Å². The van der Waals surface area contributed by atoms with Gasteiger partial charge in [0.1, 0.15) is 5.75 Å². The van der Waals surface area contributed by atoms with Gasteiger partial charge < -0.3 is 20.3 Å². The zero-order valence-corrected chi connectivity index (χ0v) is 14.9. The average molecular weight is 347 g/mol. The highest BCUT2D eigenvalue weighted by Crippen LogP contribution is 2.23. The molecule has 1 aromatic rings. The van der Waals surface area contributed by atoms with Crippen LogP contribution in [0.3, 0.4) is 0 Å². The predicted molar refractivity (Wildman–Crippen MR) is 94.1 cm³/mol. The number of amides is 3. The number of nitrogens with zero attached hydrogens (tertiary/aromatic N) is 1. The Balaban J connectivity index is 1.94. The third-order valence-corrected chi connectivity index (χ3v) is 4.36. The number of benzene rings is 1. The molecule has 2 N–H and O–H groups in total. The van der Waals surface area contributed by atoms with Crippen LogP contribution in [-0.2, 0) is 20.9 Å². The van der Waals surface area contributed by atoms with E-state index in [9.17, 15) is 14.4 Å². The Morgan fingerprint density at radius 3 is 2.44 bits per heavy atom. The van der Waals surface area contributed by atoms with E-state index in [0.29, 0.717) is 43.9 Å². The van der Waals surface area contributed by atoms with Crippen LogP contribution in [0.2, 0.25) is 0 Å². The number of ether oxygens (including phenoxy) is 1. The van der Waals surface area contributed by atoms with E-state index in [1.165, 1.54) is 6.92 Å². The molecule has 2 rings (SSSR count). The lowest BCUT2D eigenvalue weighted by atomic mass is 9.96. The molecule has 0 spiro atoms. The van der Waals surface area contributed by atoms with E-state index in [1.807, 2.05) is 0 Å². The van der Waals surface area contributed by atoms with Crippen molar-refractivity contribution in [2.75, 3.05) is 25.5 Å². The molecule has 136 valence electrons. The van der Waals surface area contributed by atoms with E-state index in [2.05, 4.69) is 10.6 Å². The fraction of sp³-hybridized carbons (Fsp3) is 0.500. The third kappa shape index (κ3) is 5.20. The molecular formula is C18H25N3O4. The van der Waals surface area contributed by atoms with Gasteiger partial charge in [-0.2, -0.15) is 0 Å². The van der Waals surface area contributed by atoms with E-state index in [1.54, 1.807) is 37.1 Å². The number of likely N-dealkylation sites (tertiary alicyclic amines) is 1. The lowest BCUT2D eigenvalue weighted by Crippen LogP contribution is -2.42. The molecule has 0 unspecified atom stereocenters. The fourth-order valence-corrected chi connectivity index (χ4v) is 2.98. The van der Waals surface area contributed by atoms with Crippen molar-refractivity contribution in [1.82, 2.24) is 10.2 Å². The first-order valence-corrected chi connectivity index (χ1v) is 8.38. The van der Waals surface area contributed by atoms with Gasteiger partial charge in [-0.15, -0.1) is 0 Å². The Morgan fingerprint density at radius 1 is 1.20 bits per heavy atom. The lowest BCUT2D eigenvalue weighted by molar-refractivity contribution is -0.134. The summed E-state index contributed by atoms with van der Waals surface area (Å²) in [4.78, 5) is 36.7. The fourth-order valence-electron chi connectivity index (χ4n) is 2.98. The highest BCUT2D eigenvalue weighted by Gasteiger charge is 2.25. The second-order valence-electron chi connectivity index (χ2n) is 6.21. The van der Waals surface area contributed by atoms with Crippen molar-refractivity contribution in [2.24, 2.45) is 5.92 Å². The second kappa shape index (κ2) is 8.50. The van der Waals surface area contributed by atoms with Crippen molar-refractivity contribution >= 4 is 23.4 Å². The maximum atomic E-state index is 12.4. The Hall–Kier alpha value is -2.57. The molecule has 1 saturated heterocycles. The quantitative estimate of drug-likeness (QED) is 0.845. The van der Waals surface area contributed by atoms with Gasteiger partial charge in [0.15, 0.2) is 0 Å². The minimum atomic E-state index is -0.155. The normalized spacial score (nSPS) is 14.8. The SMILES string of the molecule is COc1ccc(NC(C)=O)cc1CNC(=O)C1CCN(C(C)=O)CC1. The smallest absolute Gasteiger partial charge is 0.223 e. The van der Waals surface area contributed by atoms with E-state index >= 15 is 0 Å². The van der Waals surface area contributed by atoms with E-state index in [4.69, 9.17) is 4.74 Å². The van der Waals surface area contributed by atoms with Crippen molar-refractivity contribution in [2.45, 2.75) is 33.2 Å². The van der Waals surface area contributed by atoms with Crippen LogP contribution in [0, 0.1) is 5.92 Å². The van der Waals surface area contributed by atoms with Crippen molar-refractivity contribution in [3.63, 3.8) is 0 Å². The second-order valence-corrected chi connectivity index (χ2v) is 6.21. The van der Waals surface area contributed by atoms with Gasteiger partial charge in [0.25, 0.3) is 0 Å². The molecule has 1 fully saturated rings.